The fourth-order valence-corrected chi connectivity index (χ4v) is 5.50. The lowest BCUT2D eigenvalue weighted by Gasteiger charge is -2.16. The molecule has 0 radical (unpaired) electrons. The molecule has 1 aliphatic heterocycles. The van der Waals surface area contributed by atoms with Crippen molar-refractivity contribution in [2.75, 3.05) is 19.6 Å². The molecule has 1 aliphatic carbocycles. The Kier molecular flexibility index (Phi) is 6.06. The summed E-state index contributed by atoms with van der Waals surface area (Å²) >= 11 is 1.72. The minimum Gasteiger partial charge on any atom is -0.337 e. The van der Waals surface area contributed by atoms with E-state index in [1.807, 2.05) is 11.0 Å². The number of carbonyl (C=O) groups is 1. The predicted octanol–water partition coefficient (Wildman–Crippen LogP) is 4.11. The van der Waals surface area contributed by atoms with Crippen LogP contribution in [-0.4, -0.2) is 30.4 Å². The summed E-state index contributed by atoms with van der Waals surface area (Å²) in [5.74, 6) is 1.63. The highest BCUT2D eigenvalue weighted by Gasteiger charge is 2.36. The number of hydrogen-bond acceptors (Lipinski definition) is 3. The number of likely N-dealkylation sites (tertiary alicyclic amines) is 1. The molecule has 2 heterocycles. The molecule has 3 atom stereocenters. The molecule has 140 valence electrons. The molecule has 2 aromatic rings. The molecule has 2 N–H and O–H groups in total. The van der Waals surface area contributed by atoms with Gasteiger partial charge in [0, 0.05) is 23.9 Å². The van der Waals surface area contributed by atoms with E-state index in [0.29, 0.717) is 18.4 Å². The number of nitrogens with zero attached hydrogens (tertiary/aromatic N) is 1. The van der Waals surface area contributed by atoms with E-state index in [1.54, 1.807) is 11.3 Å². The molecule has 1 fully saturated rings. The second-order valence-corrected chi connectivity index (χ2v) is 8.77. The van der Waals surface area contributed by atoms with Gasteiger partial charge in [0.05, 0.1) is 4.88 Å². The molecule has 1 amide bonds. The van der Waals surface area contributed by atoms with Crippen LogP contribution in [0.2, 0.25) is 0 Å². The summed E-state index contributed by atoms with van der Waals surface area (Å²) in [5, 5.41) is 0. The quantitative estimate of drug-likeness (QED) is 0.857. The first-order valence-electron chi connectivity index (χ1n) is 9.31. The highest BCUT2D eigenvalue weighted by Crippen LogP contribution is 2.36. The molecule has 0 bridgehead atoms. The third-order valence-corrected chi connectivity index (χ3v) is 7.02. The number of hydrogen-bond donors (Lipinski definition) is 1. The Hall–Kier alpha value is -1.36. The molecule has 4 rings (SSSR count). The molecule has 1 unspecified atom stereocenters. The van der Waals surface area contributed by atoms with Crippen LogP contribution in [0.3, 0.4) is 0 Å². The molecule has 1 saturated heterocycles. The first kappa shape index (κ1) is 19.4. The lowest BCUT2D eigenvalue weighted by atomic mass is 9.89. The lowest BCUT2D eigenvalue weighted by molar-refractivity contribution is 0.0791. The average molecular weight is 391 g/mol. The van der Waals surface area contributed by atoms with Gasteiger partial charge in [-0.25, -0.2) is 0 Å². The van der Waals surface area contributed by atoms with Crippen LogP contribution in [0.1, 0.15) is 44.9 Å². The number of carbonyl (C=O) groups excluding carboxylic acids is 1. The molecule has 1 aromatic heterocycles. The largest absolute Gasteiger partial charge is 0.337 e. The number of thiophene rings is 1. The zero-order valence-corrected chi connectivity index (χ0v) is 16.8. The smallest absolute Gasteiger partial charge is 0.263 e. The van der Waals surface area contributed by atoms with Crippen LogP contribution >= 0.6 is 23.7 Å². The monoisotopic (exact) mass is 390 g/mol. The maximum absolute atomic E-state index is 13.1. The summed E-state index contributed by atoms with van der Waals surface area (Å²) in [7, 11) is 0. The maximum atomic E-state index is 13.1. The molecular weight excluding hydrogens is 364 g/mol. The van der Waals surface area contributed by atoms with E-state index in [1.165, 1.54) is 22.4 Å². The van der Waals surface area contributed by atoms with Crippen LogP contribution in [0.5, 0.6) is 0 Å². The Morgan fingerprint density at radius 3 is 2.77 bits per heavy atom. The van der Waals surface area contributed by atoms with Crippen LogP contribution in [0.15, 0.2) is 36.4 Å². The number of rotatable bonds is 3. The van der Waals surface area contributed by atoms with Gasteiger partial charge in [-0.05, 0) is 54.8 Å². The van der Waals surface area contributed by atoms with Crippen molar-refractivity contribution >= 4 is 29.7 Å². The summed E-state index contributed by atoms with van der Waals surface area (Å²) in [4.78, 5) is 17.5. The molecule has 0 spiro atoms. The molecular formula is C21H27ClN2OS. The van der Waals surface area contributed by atoms with Crippen LogP contribution in [0, 0.1) is 11.8 Å². The van der Waals surface area contributed by atoms with Gasteiger partial charge in [-0.1, -0.05) is 37.3 Å². The minimum atomic E-state index is 0. The van der Waals surface area contributed by atoms with E-state index in [0.717, 1.165) is 36.7 Å². The number of benzene rings is 1. The van der Waals surface area contributed by atoms with E-state index in [-0.39, 0.29) is 18.3 Å². The normalized spacial score (nSPS) is 24.8. The molecule has 0 saturated carbocycles. The van der Waals surface area contributed by atoms with Gasteiger partial charge in [-0.3, -0.25) is 4.79 Å². The third-order valence-electron chi connectivity index (χ3n) is 5.80. The fourth-order valence-electron chi connectivity index (χ4n) is 4.32. The average Bonchev–Trinajstić information content (AvgIpc) is 3.25. The number of fused-ring (bicyclic) bond motifs is 1. The topological polar surface area (TPSA) is 46.3 Å². The van der Waals surface area contributed by atoms with E-state index < -0.39 is 0 Å². The Morgan fingerprint density at radius 2 is 2.04 bits per heavy atom. The molecule has 26 heavy (non-hydrogen) atoms. The van der Waals surface area contributed by atoms with E-state index >= 15 is 0 Å². The first-order chi connectivity index (χ1) is 12.2. The lowest BCUT2D eigenvalue weighted by Crippen LogP contribution is -2.29. The fraction of sp³-hybridized carbons (Fsp3) is 0.476. The van der Waals surface area contributed by atoms with E-state index in [4.69, 9.17) is 5.73 Å². The number of amides is 1. The first-order valence-corrected chi connectivity index (χ1v) is 10.1. The van der Waals surface area contributed by atoms with Gasteiger partial charge in [0.1, 0.15) is 0 Å². The Labute approximate surface area is 166 Å². The van der Waals surface area contributed by atoms with Gasteiger partial charge in [0.15, 0.2) is 0 Å². The highest BCUT2D eigenvalue weighted by molar-refractivity contribution is 7.14. The van der Waals surface area contributed by atoms with Gasteiger partial charge in [0.25, 0.3) is 5.91 Å². The standard InChI is InChI=1S/C21H26N2OS.ClH/c1-14-7-8-19-16(9-14)10-20(25-19)21(24)23-12-17(11-22)18(13-23)15-5-3-2-4-6-15;/h2-6,10,14,17-18H,7-9,11-13,22H2,1H3;1H/t14?,17-,18+;/m1./s1. The van der Waals surface area contributed by atoms with Gasteiger partial charge >= 0.3 is 0 Å². The van der Waals surface area contributed by atoms with Gasteiger partial charge in [-0.15, -0.1) is 23.7 Å². The highest BCUT2D eigenvalue weighted by atomic mass is 35.5. The van der Waals surface area contributed by atoms with Gasteiger partial charge in [0.2, 0.25) is 0 Å². The second kappa shape index (κ2) is 8.12. The van der Waals surface area contributed by atoms with Gasteiger partial charge < -0.3 is 10.6 Å². The van der Waals surface area contributed by atoms with Crippen molar-refractivity contribution in [1.29, 1.82) is 0 Å². The number of nitrogens with two attached hydrogens (primary N) is 1. The van der Waals surface area contributed by atoms with Crippen molar-refractivity contribution in [2.45, 2.75) is 32.1 Å². The van der Waals surface area contributed by atoms with E-state index in [9.17, 15) is 4.79 Å². The maximum Gasteiger partial charge on any atom is 0.263 e. The van der Waals surface area contributed by atoms with Crippen molar-refractivity contribution in [1.82, 2.24) is 4.90 Å². The molecule has 1 aromatic carbocycles. The molecule has 3 nitrogen and oxygen atoms in total. The summed E-state index contributed by atoms with van der Waals surface area (Å²) in [5.41, 5.74) is 8.72. The van der Waals surface area contributed by atoms with Crippen LogP contribution in [0.4, 0.5) is 0 Å². The number of aryl methyl sites for hydroxylation is 1. The Morgan fingerprint density at radius 1 is 1.27 bits per heavy atom. The third kappa shape index (κ3) is 3.68. The van der Waals surface area contributed by atoms with Crippen molar-refractivity contribution < 1.29 is 4.79 Å². The number of halogens is 1. The van der Waals surface area contributed by atoms with Crippen molar-refractivity contribution in [3.8, 4) is 0 Å². The zero-order valence-electron chi connectivity index (χ0n) is 15.2. The SMILES string of the molecule is CC1CCc2sc(C(=O)N3C[C@@H](CN)[C@H](c4ccccc4)C3)cc2C1.Cl. The van der Waals surface area contributed by atoms with E-state index in [2.05, 4.69) is 37.3 Å². The van der Waals surface area contributed by atoms with Crippen LogP contribution in [0.25, 0.3) is 0 Å². The van der Waals surface area contributed by atoms with Crippen molar-refractivity contribution in [3.05, 3.63) is 57.3 Å². The summed E-state index contributed by atoms with van der Waals surface area (Å²) < 4.78 is 0. The minimum absolute atomic E-state index is 0. The Bertz CT molecular complexity index is 761. The summed E-state index contributed by atoms with van der Waals surface area (Å²) in [6.45, 7) is 4.48. The summed E-state index contributed by atoms with van der Waals surface area (Å²) in [6, 6.07) is 12.7. The molecule has 2 aliphatic rings. The Balaban J connectivity index is 0.00000196. The predicted molar refractivity (Wildman–Crippen MR) is 110 cm³/mol. The van der Waals surface area contributed by atoms with Crippen molar-refractivity contribution in [3.63, 3.8) is 0 Å². The van der Waals surface area contributed by atoms with Crippen LogP contribution in [-0.2, 0) is 12.8 Å². The van der Waals surface area contributed by atoms with Gasteiger partial charge in [-0.2, -0.15) is 0 Å². The molecule has 5 heteroatoms. The van der Waals surface area contributed by atoms with Crippen molar-refractivity contribution in [2.24, 2.45) is 17.6 Å². The zero-order chi connectivity index (χ0) is 17.4. The summed E-state index contributed by atoms with van der Waals surface area (Å²) in [6.07, 6.45) is 3.50. The second-order valence-electron chi connectivity index (χ2n) is 7.63. The van der Waals surface area contributed by atoms with Crippen LogP contribution < -0.4 is 5.73 Å².